The molecule has 0 radical (unpaired) electrons. The highest BCUT2D eigenvalue weighted by atomic mass is 32.2. The summed E-state index contributed by atoms with van der Waals surface area (Å²) in [6.07, 6.45) is 1.30. The van der Waals surface area contributed by atoms with Crippen molar-refractivity contribution in [2.45, 2.75) is 50.2 Å². The van der Waals surface area contributed by atoms with Gasteiger partial charge in [-0.05, 0) is 75.7 Å². The van der Waals surface area contributed by atoms with Crippen LogP contribution in [0.1, 0.15) is 56.4 Å². The molecule has 2 aromatic carbocycles. The number of methoxy groups -OCH3 is 3. The fourth-order valence-electron chi connectivity index (χ4n) is 4.47. The number of ketones is 1. The standard InChI is InChI=1S/C29H41NO9S/c1-8-12-37-29-26(38-18-19(2)31)16-21(17-27(29)40(32,33)13-11-30(3)4)23-10-9-22(39-23)20-14-24(34-5)28(36-7)25(15-20)35-6/h14-17,22-23H,8-13,18H2,1-7H3/t22-,23-/m0/s1. The first-order valence-corrected chi connectivity index (χ1v) is 15.0. The lowest BCUT2D eigenvalue weighted by atomic mass is 10.0. The van der Waals surface area contributed by atoms with Gasteiger partial charge in [-0.3, -0.25) is 4.79 Å². The Morgan fingerprint density at radius 1 is 0.900 bits per heavy atom. The highest BCUT2D eigenvalue weighted by molar-refractivity contribution is 7.91. The molecule has 0 spiro atoms. The predicted octanol–water partition coefficient (Wildman–Crippen LogP) is 4.40. The molecule has 0 bridgehead atoms. The number of Topliss-reactive ketones (excluding diaryl/α,β-unsaturated/α-hetero) is 1. The molecule has 1 aliphatic heterocycles. The molecule has 0 N–H and O–H groups in total. The summed E-state index contributed by atoms with van der Waals surface area (Å²) >= 11 is 0. The molecule has 0 amide bonds. The average Bonchev–Trinajstić information content (AvgIpc) is 3.43. The Bertz CT molecular complexity index is 1250. The molecule has 3 rings (SSSR count). The van der Waals surface area contributed by atoms with Crippen molar-refractivity contribution in [2.24, 2.45) is 0 Å². The molecule has 1 aliphatic rings. The normalized spacial score (nSPS) is 17.1. The molecular weight excluding hydrogens is 538 g/mol. The Morgan fingerprint density at radius 2 is 1.48 bits per heavy atom. The van der Waals surface area contributed by atoms with Gasteiger partial charge in [0.2, 0.25) is 5.75 Å². The van der Waals surface area contributed by atoms with Crippen molar-refractivity contribution < 1.29 is 41.6 Å². The summed E-state index contributed by atoms with van der Waals surface area (Å²) in [7, 11) is 4.54. The zero-order valence-electron chi connectivity index (χ0n) is 24.4. The number of nitrogens with zero attached hydrogens (tertiary/aromatic N) is 1. The van der Waals surface area contributed by atoms with Gasteiger partial charge in [0, 0.05) is 6.54 Å². The van der Waals surface area contributed by atoms with Crippen LogP contribution in [-0.2, 0) is 19.4 Å². The Balaban J connectivity index is 2.04. The van der Waals surface area contributed by atoms with Gasteiger partial charge < -0.3 is 33.3 Å². The first-order valence-electron chi connectivity index (χ1n) is 13.3. The number of sulfone groups is 1. The Hall–Kier alpha value is -3.02. The van der Waals surface area contributed by atoms with Crippen molar-refractivity contribution in [1.29, 1.82) is 0 Å². The van der Waals surface area contributed by atoms with E-state index in [1.54, 1.807) is 33.5 Å². The summed E-state index contributed by atoms with van der Waals surface area (Å²) in [5, 5.41) is 0. The fourth-order valence-corrected chi connectivity index (χ4v) is 6.06. The maximum atomic E-state index is 13.6. The minimum Gasteiger partial charge on any atom is -0.493 e. The Kier molecular flexibility index (Phi) is 11.1. The van der Waals surface area contributed by atoms with E-state index < -0.39 is 15.9 Å². The second-order valence-corrected chi connectivity index (χ2v) is 12.0. The quantitative estimate of drug-likeness (QED) is 0.301. The van der Waals surface area contributed by atoms with E-state index in [1.807, 2.05) is 38.1 Å². The average molecular weight is 580 g/mol. The zero-order chi connectivity index (χ0) is 29.4. The van der Waals surface area contributed by atoms with Gasteiger partial charge in [-0.1, -0.05) is 6.92 Å². The van der Waals surface area contributed by atoms with E-state index in [0.717, 1.165) is 5.56 Å². The van der Waals surface area contributed by atoms with Crippen LogP contribution in [0.5, 0.6) is 28.7 Å². The molecule has 10 nitrogen and oxygen atoms in total. The van der Waals surface area contributed by atoms with Crippen molar-refractivity contribution in [3.05, 3.63) is 35.4 Å². The van der Waals surface area contributed by atoms with Crippen LogP contribution in [0.3, 0.4) is 0 Å². The molecule has 1 heterocycles. The van der Waals surface area contributed by atoms with Crippen LogP contribution in [0.4, 0.5) is 0 Å². The summed E-state index contributed by atoms with van der Waals surface area (Å²) in [6, 6.07) is 7.06. The van der Waals surface area contributed by atoms with Crippen LogP contribution in [0.25, 0.3) is 0 Å². The lowest BCUT2D eigenvalue weighted by molar-refractivity contribution is -0.118. The van der Waals surface area contributed by atoms with Crippen molar-refractivity contribution >= 4 is 15.6 Å². The Labute approximate surface area is 237 Å². The summed E-state index contributed by atoms with van der Waals surface area (Å²) < 4.78 is 61.7. The minimum atomic E-state index is -3.76. The fraction of sp³-hybridized carbons (Fsp3) is 0.552. The van der Waals surface area contributed by atoms with Gasteiger partial charge in [0.05, 0.1) is 45.9 Å². The summed E-state index contributed by atoms with van der Waals surface area (Å²) in [4.78, 5) is 13.6. The van der Waals surface area contributed by atoms with Gasteiger partial charge in [-0.25, -0.2) is 8.42 Å². The van der Waals surface area contributed by atoms with Crippen molar-refractivity contribution in [2.75, 3.05) is 60.9 Å². The van der Waals surface area contributed by atoms with Gasteiger partial charge in [-0.2, -0.15) is 0 Å². The maximum Gasteiger partial charge on any atom is 0.203 e. The Morgan fingerprint density at radius 3 is 1.98 bits per heavy atom. The molecule has 1 saturated heterocycles. The molecule has 1 fully saturated rings. The number of ether oxygens (including phenoxy) is 6. The van der Waals surface area contributed by atoms with E-state index in [4.69, 9.17) is 28.4 Å². The molecule has 11 heteroatoms. The monoisotopic (exact) mass is 579 g/mol. The first kappa shape index (κ1) is 31.5. The van der Waals surface area contributed by atoms with Gasteiger partial charge in [-0.15, -0.1) is 0 Å². The maximum absolute atomic E-state index is 13.6. The second-order valence-electron chi connectivity index (χ2n) is 9.96. The van der Waals surface area contributed by atoms with E-state index in [0.29, 0.717) is 55.2 Å². The van der Waals surface area contributed by atoms with Crippen LogP contribution in [-0.4, -0.2) is 80.0 Å². The third-order valence-electron chi connectivity index (χ3n) is 6.52. The molecular formula is C29H41NO9S. The number of carbonyl (C=O) groups is 1. The summed E-state index contributed by atoms with van der Waals surface area (Å²) in [5.74, 6) is 1.59. The van der Waals surface area contributed by atoms with Crippen LogP contribution >= 0.6 is 0 Å². The third-order valence-corrected chi connectivity index (χ3v) is 8.21. The molecule has 0 unspecified atom stereocenters. The van der Waals surface area contributed by atoms with Gasteiger partial charge in [0.1, 0.15) is 11.5 Å². The summed E-state index contributed by atoms with van der Waals surface area (Å²) in [5.41, 5.74) is 1.49. The lowest BCUT2D eigenvalue weighted by Gasteiger charge is -2.21. The number of hydrogen-bond acceptors (Lipinski definition) is 10. The highest BCUT2D eigenvalue weighted by Gasteiger charge is 2.33. The summed E-state index contributed by atoms with van der Waals surface area (Å²) in [6.45, 7) is 3.78. The third kappa shape index (κ3) is 7.58. The minimum absolute atomic E-state index is 0.0405. The zero-order valence-corrected chi connectivity index (χ0v) is 25.3. The van der Waals surface area contributed by atoms with Crippen molar-refractivity contribution in [3.63, 3.8) is 0 Å². The largest absolute Gasteiger partial charge is 0.493 e. The molecule has 0 saturated carbocycles. The number of carbonyl (C=O) groups excluding carboxylic acids is 1. The van der Waals surface area contributed by atoms with E-state index >= 15 is 0 Å². The molecule has 0 aliphatic carbocycles. The van der Waals surface area contributed by atoms with E-state index in [-0.39, 0.29) is 40.6 Å². The van der Waals surface area contributed by atoms with Crippen LogP contribution in [0, 0.1) is 0 Å². The van der Waals surface area contributed by atoms with Crippen molar-refractivity contribution in [3.8, 4) is 28.7 Å². The second kappa shape index (κ2) is 14.0. The van der Waals surface area contributed by atoms with Crippen LogP contribution in [0.2, 0.25) is 0 Å². The number of hydrogen-bond donors (Lipinski definition) is 0. The molecule has 0 aromatic heterocycles. The van der Waals surface area contributed by atoms with Gasteiger partial charge in [0.15, 0.2) is 38.6 Å². The smallest absolute Gasteiger partial charge is 0.203 e. The topological polar surface area (TPSA) is 110 Å². The lowest BCUT2D eigenvalue weighted by Crippen LogP contribution is -2.23. The number of benzene rings is 2. The van der Waals surface area contributed by atoms with Gasteiger partial charge >= 0.3 is 0 Å². The predicted molar refractivity (Wildman–Crippen MR) is 151 cm³/mol. The molecule has 222 valence electrons. The SMILES string of the molecule is CCCOc1c(OCC(C)=O)cc([C@@H]2CC[C@@H](c3cc(OC)c(OC)c(OC)c3)O2)cc1S(=O)(=O)CCN(C)C. The van der Waals surface area contributed by atoms with E-state index in [1.165, 1.54) is 6.92 Å². The molecule has 2 aromatic rings. The van der Waals surface area contributed by atoms with E-state index in [9.17, 15) is 13.2 Å². The highest BCUT2D eigenvalue weighted by Crippen LogP contribution is 2.48. The first-order chi connectivity index (χ1) is 19.0. The van der Waals surface area contributed by atoms with Crippen LogP contribution in [0.15, 0.2) is 29.2 Å². The van der Waals surface area contributed by atoms with Crippen LogP contribution < -0.4 is 23.7 Å². The van der Waals surface area contributed by atoms with E-state index in [2.05, 4.69) is 0 Å². The van der Waals surface area contributed by atoms with Crippen molar-refractivity contribution in [1.82, 2.24) is 4.90 Å². The van der Waals surface area contributed by atoms with Gasteiger partial charge in [0.25, 0.3) is 0 Å². The number of rotatable bonds is 15. The molecule has 40 heavy (non-hydrogen) atoms. The molecule has 2 atom stereocenters.